The fourth-order valence-electron chi connectivity index (χ4n) is 3.04. The number of hydrogen-bond donors (Lipinski definition) is 1. The molecule has 0 aliphatic heterocycles. The summed E-state index contributed by atoms with van der Waals surface area (Å²) in [7, 11) is 0. The average Bonchev–Trinajstić information content (AvgIpc) is 3.34. The zero-order valence-electron chi connectivity index (χ0n) is 15.4. The van der Waals surface area contributed by atoms with E-state index in [0.29, 0.717) is 30.2 Å². The summed E-state index contributed by atoms with van der Waals surface area (Å²) < 4.78 is 42.2. The maximum atomic E-state index is 13.1. The number of aryl methyl sites for hydroxylation is 2. The van der Waals surface area contributed by atoms with Crippen LogP contribution in [0.2, 0.25) is 5.02 Å². The SMILES string of the molecule is Cc1nn(CCCNC(=O)Cn2nc(C(F)(F)F)c(Br)c2C2CC2)c(C)c1Cl. The van der Waals surface area contributed by atoms with Crippen molar-refractivity contribution in [3.8, 4) is 0 Å². The Morgan fingerprint density at radius 3 is 2.50 bits per heavy atom. The van der Waals surface area contributed by atoms with E-state index in [4.69, 9.17) is 11.6 Å². The monoisotopic (exact) mass is 481 g/mol. The topological polar surface area (TPSA) is 64.7 Å². The molecule has 3 rings (SSSR count). The van der Waals surface area contributed by atoms with Crippen LogP contribution in [0.15, 0.2) is 4.47 Å². The first-order valence-corrected chi connectivity index (χ1v) is 10.1. The van der Waals surface area contributed by atoms with Crippen molar-refractivity contribution in [3.05, 3.63) is 32.3 Å². The van der Waals surface area contributed by atoms with Gasteiger partial charge < -0.3 is 5.32 Å². The van der Waals surface area contributed by atoms with E-state index >= 15 is 0 Å². The lowest BCUT2D eigenvalue weighted by atomic mass is 10.2. The normalized spacial score (nSPS) is 14.5. The van der Waals surface area contributed by atoms with Crippen molar-refractivity contribution in [3.63, 3.8) is 0 Å². The van der Waals surface area contributed by atoms with Crippen LogP contribution in [0.4, 0.5) is 13.2 Å². The Morgan fingerprint density at radius 1 is 1.29 bits per heavy atom. The number of hydrogen-bond acceptors (Lipinski definition) is 3. The molecular formula is C17H20BrClF3N5O. The molecule has 1 fully saturated rings. The molecule has 28 heavy (non-hydrogen) atoms. The highest BCUT2D eigenvalue weighted by Crippen LogP contribution is 2.46. The minimum Gasteiger partial charge on any atom is -0.354 e. The second kappa shape index (κ2) is 8.06. The standard InChI is InChI=1S/C17H20BrClF3N5O/c1-9-14(19)10(2)26(24-9)7-3-6-23-12(28)8-27-15(11-4-5-11)13(18)16(25-27)17(20,21)22/h11H,3-8H2,1-2H3,(H,23,28). The van der Waals surface area contributed by atoms with E-state index in [2.05, 4.69) is 31.4 Å². The van der Waals surface area contributed by atoms with E-state index in [0.717, 1.165) is 24.2 Å². The van der Waals surface area contributed by atoms with Crippen molar-refractivity contribution in [1.82, 2.24) is 24.9 Å². The third-order valence-electron chi connectivity index (χ3n) is 4.62. The van der Waals surface area contributed by atoms with Gasteiger partial charge in [-0.05, 0) is 49.0 Å². The Morgan fingerprint density at radius 2 is 1.96 bits per heavy atom. The summed E-state index contributed by atoms with van der Waals surface area (Å²) >= 11 is 9.11. The molecule has 0 atom stereocenters. The summed E-state index contributed by atoms with van der Waals surface area (Å²) in [6, 6.07) is 0. The minimum atomic E-state index is -4.56. The molecule has 1 amide bonds. The third-order valence-corrected chi connectivity index (χ3v) is 5.95. The van der Waals surface area contributed by atoms with Gasteiger partial charge in [-0.3, -0.25) is 14.2 Å². The van der Waals surface area contributed by atoms with Gasteiger partial charge in [-0.25, -0.2) is 0 Å². The second-order valence-corrected chi connectivity index (χ2v) is 8.06. The first kappa shape index (κ1) is 21.2. The summed E-state index contributed by atoms with van der Waals surface area (Å²) in [5, 5.41) is 11.3. The maximum Gasteiger partial charge on any atom is 0.436 e. The Kier molecular flexibility index (Phi) is 6.09. The van der Waals surface area contributed by atoms with E-state index < -0.39 is 11.9 Å². The number of rotatable bonds is 7. The minimum absolute atomic E-state index is 0.0153. The lowest BCUT2D eigenvalue weighted by molar-refractivity contribution is -0.142. The Balaban J connectivity index is 1.57. The highest BCUT2D eigenvalue weighted by molar-refractivity contribution is 9.10. The predicted molar refractivity (Wildman–Crippen MR) is 101 cm³/mol. The number of nitrogens with one attached hydrogen (secondary N) is 1. The molecule has 0 saturated heterocycles. The highest BCUT2D eigenvalue weighted by atomic mass is 79.9. The molecule has 0 spiro atoms. The molecule has 1 saturated carbocycles. The van der Waals surface area contributed by atoms with Crippen molar-refractivity contribution in [2.45, 2.75) is 58.3 Å². The van der Waals surface area contributed by atoms with E-state index in [-0.39, 0.29) is 22.8 Å². The molecule has 11 heteroatoms. The number of carbonyl (C=O) groups excluding carboxylic acids is 1. The predicted octanol–water partition coefficient (Wildman–Crippen LogP) is 4.22. The van der Waals surface area contributed by atoms with Gasteiger partial charge in [0.2, 0.25) is 5.91 Å². The molecule has 2 aromatic rings. The summed E-state index contributed by atoms with van der Waals surface area (Å²) in [5.41, 5.74) is 1.07. The van der Waals surface area contributed by atoms with Crippen molar-refractivity contribution in [2.75, 3.05) is 6.54 Å². The fourth-order valence-corrected chi connectivity index (χ4v) is 4.01. The van der Waals surface area contributed by atoms with E-state index in [9.17, 15) is 18.0 Å². The number of aromatic nitrogens is 4. The maximum absolute atomic E-state index is 13.1. The van der Waals surface area contributed by atoms with Crippen LogP contribution in [-0.2, 0) is 24.1 Å². The van der Waals surface area contributed by atoms with Gasteiger partial charge in [-0.15, -0.1) is 0 Å². The van der Waals surface area contributed by atoms with Gasteiger partial charge in [-0.1, -0.05) is 11.6 Å². The zero-order chi connectivity index (χ0) is 20.6. The van der Waals surface area contributed by atoms with E-state index in [1.54, 1.807) is 4.68 Å². The van der Waals surface area contributed by atoms with Crippen molar-refractivity contribution >= 4 is 33.4 Å². The molecule has 0 bridgehead atoms. The molecule has 1 aliphatic rings. The van der Waals surface area contributed by atoms with E-state index in [1.165, 1.54) is 4.68 Å². The van der Waals surface area contributed by atoms with Crippen LogP contribution in [0.3, 0.4) is 0 Å². The van der Waals surface area contributed by atoms with Crippen LogP contribution in [0.25, 0.3) is 0 Å². The van der Waals surface area contributed by atoms with E-state index in [1.807, 2.05) is 13.8 Å². The largest absolute Gasteiger partial charge is 0.436 e. The van der Waals surface area contributed by atoms with Crippen molar-refractivity contribution in [2.24, 2.45) is 0 Å². The fraction of sp³-hybridized carbons (Fsp3) is 0.588. The van der Waals surface area contributed by atoms with Gasteiger partial charge >= 0.3 is 6.18 Å². The summed E-state index contributed by atoms with van der Waals surface area (Å²) in [4.78, 5) is 12.2. The van der Waals surface area contributed by atoms with Gasteiger partial charge in [0.25, 0.3) is 0 Å². The van der Waals surface area contributed by atoms with Crippen molar-refractivity contribution in [1.29, 1.82) is 0 Å². The molecule has 2 heterocycles. The van der Waals surface area contributed by atoms with Gasteiger partial charge in [0.05, 0.1) is 26.6 Å². The summed E-state index contributed by atoms with van der Waals surface area (Å²) in [5.74, 6) is -0.362. The van der Waals surface area contributed by atoms with Crippen LogP contribution in [0.1, 0.15) is 48.0 Å². The lowest BCUT2D eigenvalue weighted by Gasteiger charge is -2.09. The first-order valence-electron chi connectivity index (χ1n) is 8.89. The molecule has 1 N–H and O–H groups in total. The van der Waals surface area contributed by atoms with Crippen LogP contribution in [-0.4, -0.2) is 32.0 Å². The number of amides is 1. The third kappa shape index (κ3) is 4.53. The quantitative estimate of drug-likeness (QED) is 0.601. The summed E-state index contributed by atoms with van der Waals surface area (Å²) in [6.45, 7) is 4.41. The smallest absolute Gasteiger partial charge is 0.354 e. The van der Waals surface area contributed by atoms with Gasteiger partial charge in [0.1, 0.15) is 6.54 Å². The van der Waals surface area contributed by atoms with Crippen LogP contribution in [0.5, 0.6) is 0 Å². The van der Waals surface area contributed by atoms with Crippen LogP contribution in [0, 0.1) is 13.8 Å². The molecule has 154 valence electrons. The average molecular weight is 483 g/mol. The van der Waals surface area contributed by atoms with Gasteiger partial charge in [-0.2, -0.15) is 23.4 Å². The molecule has 0 aromatic carbocycles. The molecule has 6 nitrogen and oxygen atoms in total. The number of halogens is 5. The summed E-state index contributed by atoms with van der Waals surface area (Å²) in [6.07, 6.45) is -2.34. The Hall–Kier alpha value is -1.55. The second-order valence-electron chi connectivity index (χ2n) is 6.89. The highest BCUT2D eigenvalue weighted by Gasteiger charge is 2.41. The van der Waals surface area contributed by atoms with Crippen LogP contribution < -0.4 is 5.32 Å². The Labute approximate surface area is 173 Å². The molecular weight excluding hydrogens is 463 g/mol. The lowest BCUT2D eigenvalue weighted by Crippen LogP contribution is -2.30. The van der Waals surface area contributed by atoms with Gasteiger partial charge in [0.15, 0.2) is 5.69 Å². The van der Waals surface area contributed by atoms with Gasteiger partial charge in [0, 0.05) is 19.0 Å². The number of alkyl halides is 3. The molecule has 0 radical (unpaired) electrons. The number of nitrogens with zero attached hydrogens (tertiary/aromatic N) is 4. The van der Waals surface area contributed by atoms with Crippen molar-refractivity contribution < 1.29 is 18.0 Å². The molecule has 0 unspecified atom stereocenters. The Bertz CT molecular complexity index is 888. The zero-order valence-corrected chi connectivity index (χ0v) is 17.7. The number of carbonyl (C=O) groups is 1. The molecule has 1 aliphatic carbocycles. The first-order chi connectivity index (χ1) is 13.1. The molecule has 2 aromatic heterocycles. The van der Waals surface area contributed by atoms with Crippen LogP contribution >= 0.6 is 27.5 Å².